The van der Waals surface area contributed by atoms with Gasteiger partial charge in [0.25, 0.3) is 0 Å². The van der Waals surface area contributed by atoms with E-state index in [0.717, 1.165) is 10.4 Å². The Morgan fingerprint density at radius 1 is 1.39 bits per heavy atom. The van der Waals surface area contributed by atoms with Gasteiger partial charge in [0, 0.05) is 16.0 Å². The fourth-order valence-corrected chi connectivity index (χ4v) is 3.19. The van der Waals surface area contributed by atoms with Crippen LogP contribution in [0.4, 0.5) is 0 Å². The van der Waals surface area contributed by atoms with E-state index in [1.807, 2.05) is 27.7 Å². The Morgan fingerprint density at radius 3 is 2.74 bits per heavy atom. The number of aromatic nitrogens is 1. The van der Waals surface area contributed by atoms with Crippen molar-refractivity contribution in [3.05, 3.63) is 39.8 Å². The zero-order valence-electron chi connectivity index (χ0n) is 13.5. The zero-order valence-corrected chi connectivity index (χ0v) is 14.3. The van der Waals surface area contributed by atoms with Gasteiger partial charge >= 0.3 is 0 Å². The average Bonchev–Trinajstić information content (AvgIpc) is 2.83. The van der Waals surface area contributed by atoms with Crippen molar-refractivity contribution < 1.29 is 14.6 Å². The van der Waals surface area contributed by atoms with Crippen molar-refractivity contribution >= 4 is 11.5 Å². The number of hydrogen-bond acceptors (Lipinski definition) is 6. The second-order valence-corrected chi connectivity index (χ2v) is 7.20. The van der Waals surface area contributed by atoms with E-state index in [0.29, 0.717) is 22.8 Å². The third kappa shape index (κ3) is 2.67. The van der Waals surface area contributed by atoms with Crippen LogP contribution in [-0.4, -0.2) is 21.2 Å². The molecule has 0 amide bonds. The van der Waals surface area contributed by atoms with Gasteiger partial charge in [-0.25, -0.2) is 0 Å². The predicted molar refractivity (Wildman–Crippen MR) is 86.8 cm³/mol. The van der Waals surface area contributed by atoms with E-state index in [9.17, 15) is 5.11 Å². The second-order valence-electron chi connectivity index (χ2n) is 6.22. The fraction of sp³-hybridized carbons (Fsp3) is 0.412. The summed E-state index contributed by atoms with van der Waals surface area (Å²) in [5.74, 6) is 1.14. The van der Waals surface area contributed by atoms with Crippen LogP contribution >= 0.6 is 11.5 Å². The fourth-order valence-electron chi connectivity index (χ4n) is 2.57. The third-order valence-electron chi connectivity index (χ3n) is 4.17. The highest BCUT2D eigenvalue weighted by atomic mass is 32.1. The minimum atomic E-state index is -0.884. The van der Waals surface area contributed by atoms with E-state index in [4.69, 9.17) is 14.7 Å². The molecule has 0 radical (unpaired) electrons. The first-order valence-corrected chi connectivity index (χ1v) is 8.11. The molecule has 1 N–H and O–H groups in total. The molecule has 0 fully saturated rings. The SMILES string of the molecule is Cc1snc(O[C@@H]2c3cc(C#N)ccc3OC(C)(C)[C@H]2O)c1C. The Bertz CT molecular complexity index is 792. The number of nitriles is 1. The number of rotatable bonds is 2. The summed E-state index contributed by atoms with van der Waals surface area (Å²) in [7, 11) is 0. The third-order valence-corrected chi connectivity index (χ3v) is 5.01. The van der Waals surface area contributed by atoms with E-state index < -0.39 is 17.8 Å². The molecule has 1 aromatic heterocycles. The van der Waals surface area contributed by atoms with Gasteiger partial charge in [-0.3, -0.25) is 0 Å². The topological polar surface area (TPSA) is 75.4 Å². The Kier molecular flexibility index (Phi) is 3.78. The Labute approximate surface area is 139 Å². The van der Waals surface area contributed by atoms with Gasteiger partial charge in [0.2, 0.25) is 5.88 Å². The largest absolute Gasteiger partial charge is 0.485 e. The number of aryl methyl sites for hydroxylation is 1. The molecule has 5 nitrogen and oxygen atoms in total. The first-order chi connectivity index (χ1) is 10.8. The van der Waals surface area contributed by atoms with Crippen LogP contribution in [0.3, 0.4) is 0 Å². The standard InChI is InChI=1S/C17H18N2O3S/c1-9-10(2)23-19-16(9)21-14-12-7-11(8-18)5-6-13(12)22-17(3,4)15(14)20/h5-7,14-15,20H,1-4H3/t14-,15+/m1/s1. The van der Waals surface area contributed by atoms with Crippen molar-refractivity contribution in [3.63, 3.8) is 0 Å². The van der Waals surface area contributed by atoms with Gasteiger partial charge in [-0.15, -0.1) is 0 Å². The lowest BCUT2D eigenvalue weighted by molar-refractivity contribution is -0.104. The Balaban J connectivity index is 2.07. The molecule has 0 spiro atoms. The molecule has 1 aliphatic rings. The minimum Gasteiger partial charge on any atom is -0.485 e. The highest BCUT2D eigenvalue weighted by molar-refractivity contribution is 7.06. The molecule has 0 aliphatic carbocycles. The normalized spacial score (nSPS) is 21.9. The van der Waals surface area contributed by atoms with Crippen molar-refractivity contribution in [2.75, 3.05) is 0 Å². The number of hydrogen-bond donors (Lipinski definition) is 1. The van der Waals surface area contributed by atoms with Gasteiger partial charge in [0.1, 0.15) is 17.5 Å². The number of aliphatic hydroxyl groups excluding tert-OH is 1. The number of ether oxygens (including phenoxy) is 2. The summed E-state index contributed by atoms with van der Waals surface area (Å²) >= 11 is 1.37. The molecule has 0 unspecified atom stereocenters. The second kappa shape index (κ2) is 5.52. The van der Waals surface area contributed by atoms with E-state index in [1.165, 1.54) is 11.5 Å². The van der Waals surface area contributed by atoms with Crippen LogP contribution in [0.5, 0.6) is 11.6 Å². The summed E-state index contributed by atoms with van der Waals surface area (Å²) in [5.41, 5.74) is 1.33. The molecule has 120 valence electrons. The van der Waals surface area contributed by atoms with Crippen LogP contribution in [0.1, 0.15) is 41.5 Å². The summed E-state index contributed by atoms with van der Waals surface area (Å²) < 4.78 is 16.2. The average molecular weight is 330 g/mol. The minimum absolute atomic E-state index is 0.499. The van der Waals surface area contributed by atoms with E-state index in [2.05, 4.69) is 10.4 Å². The molecule has 2 heterocycles. The van der Waals surface area contributed by atoms with Crippen molar-refractivity contribution in [1.29, 1.82) is 5.26 Å². The summed E-state index contributed by atoms with van der Waals surface area (Å²) in [6.45, 7) is 7.55. The van der Waals surface area contributed by atoms with Crippen molar-refractivity contribution in [2.24, 2.45) is 0 Å². The van der Waals surface area contributed by atoms with Crippen molar-refractivity contribution in [2.45, 2.75) is 45.5 Å². The van der Waals surface area contributed by atoms with Crippen molar-refractivity contribution in [3.8, 4) is 17.7 Å². The maximum atomic E-state index is 10.7. The van der Waals surface area contributed by atoms with Crippen LogP contribution in [0.2, 0.25) is 0 Å². The molecular weight excluding hydrogens is 312 g/mol. The maximum absolute atomic E-state index is 10.7. The van der Waals surface area contributed by atoms with Gasteiger partial charge < -0.3 is 14.6 Å². The lowest BCUT2D eigenvalue weighted by atomic mass is 9.87. The molecule has 0 bridgehead atoms. The first kappa shape index (κ1) is 15.8. The summed E-state index contributed by atoms with van der Waals surface area (Å²) in [6, 6.07) is 7.25. The summed E-state index contributed by atoms with van der Waals surface area (Å²) in [6.07, 6.45) is -1.52. The highest BCUT2D eigenvalue weighted by Crippen LogP contribution is 2.43. The summed E-state index contributed by atoms with van der Waals surface area (Å²) in [4.78, 5) is 1.08. The number of nitrogens with zero attached hydrogens (tertiary/aromatic N) is 2. The number of benzene rings is 1. The predicted octanol–water partition coefficient (Wildman–Crippen LogP) is 3.28. The summed E-state index contributed by atoms with van der Waals surface area (Å²) in [5, 5.41) is 19.8. The van der Waals surface area contributed by atoms with E-state index in [-0.39, 0.29) is 0 Å². The van der Waals surface area contributed by atoms with Crippen LogP contribution in [0.15, 0.2) is 18.2 Å². The van der Waals surface area contributed by atoms with Crippen molar-refractivity contribution in [1.82, 2.24) is 4.37 Å². The smallest absolute Gasteiger partial charge is 0.229 e. The van der Waals surface area contributed by atoms with Gasteiger partial charge in [-0.1, -0.05) is 0 Å². The monoisotopic (exact) mass is 330 g/mol. The number of aliphatic hydroxyl groups is 1. The number of fused-ring (bicyclic) bond motifs is 1. The quantitative estimate of drug-likeness (QED) is 0.914. The molecule has 23 heavy (non-hydrogen) atoms. The van der Waals surface area contributed by atoms with Gasteiger partial charge in [0.15, 0.2) is 6.10 Å². The lowest BCUT2D eigenvalue weighted by Crippen LogP contribution is -2.50. The molecule has 1 aliphatic heterocycles. The van der Waals surface area contributed by atoms with Crippen LogP contribution < -0.4 is 9.47 Å². The molecule has 2 atom stereocenters. The molecule has 3 rings (SSSR count). The van der Waals surface area contributed by atoms with Crippen LogP contribution in [-0.2, 0) is 0 Å². The Morgan fingerprint density at radius 2 is 2.13 bits per heavy atom. The molecular formula is C17H18N2O3S. The van der Waals surface area contributed by atoms with Gasteiger partial charge in [0.05, 0.1) is 11.6 Å². The Hall–Kier alpha value is -2.10. The molecule has 1 aromatic carbocycles. The molecule has 0 saturated carbocycles. The van der Waals surface area contributed by atoms with Crippen LogP contribution in [0, 0.1) is 25.2 Å². The molecule has 0 saturated heterocycles. The van der Waals surface area contributed by atoms with E-state index >= 15 is 0 Å². The van der Waals surface area contributed by atoms with Gasteiger partial charge in [-0.2, -0.15) is 9.64 Å². The highest BCUT2D eigenvalue weighted by Gasteiger charge is 2.45. The van der Waals surface area contributed by atoms with Gasteiger partial charge in [-0.05, 0) is 57.4 Å². The zero-order chi connectivity index (χ0) is 16.8. The first-order valence-electron chi connectivity index (χ1n) is 7.34. The lowest BCUT2D eigenvalue weighted by Gasteiger charge is -2.41. The van der Waals surface area contributed by atoms with Crippen LogP contribution in [0.25, 0.3) is 0 Å². The maximum Gasteiger partial charge on any atom is 0.229 e. The van der Waals surface area contributed by atoms with E-state index in [1.54, 1.807) is 18.2 Å². The molecule has 2 aromatic rings. The molecule has 6 heteroatoms.